The van der Waals surface area contributed by atoms with Gasteiger partial charge in [0, 0.05) is 30.5 Å². The number of nitrogen functional groups attached to an aromatic ring is 1. The fraction of sp³-hybridized carbons (Fsp3) is 0.217. The maximum atomic E-state index is 15.0. The molecule has 158 valence electrons. The third-order valence-electron chi connectivity index (χ3n) is 5.04. The van der Waals surface area contributed by atoms with Crippen molar-refractivity contribution in [1.82, 2.24) is 24.8 Å². The number of imidazole rings is 1. The average Bonchev–Trinajstić information content (AvgIpc) is 3.12. The highest BCUT2D eigenvalue weighted by Crippen LogP contribution is 2.35. The third kappa shape index (κ3) is 3.61. The highest BCUT2D eigenvalue weighted by atomic mass is 19.1. The Hall–Kier alpha value is -3.81. The molecule has 2 aromatic heterocycles. The number of nitrogens with zero attached hydrogens (tertiary/aromatic N) is 4. The summed E-state index contributed by atoms with van der Waals surface area (Å²) in [6.07, 6.45) is 3.29. The molecule has 0 saturated heterocycles. The van der Waals surface area contributed by atoms with Crippen LogP contribution in [0.5, 0.6) is 0 Å². The summed E-state index contributed by atoms with van der Waals surface area (Å²) in [6, 6.07) is 10.2. The molecule has 0 saturated carbocycles. The number of carbonyl (C=O) groups is 1. The van der Waals surface area contributed by atoms with Gasteiger partial charge in [0.1, 0.15) is 11.6 Å². The summed E-state index contributed by atoms with van der Waals surface area (Å²) in [6.45, 7) is 6.04. The van der Waals surface area contributed by atoms with Crippen molar-refractivity contribution >= 4 is 22.9 Å². The van der Waals surface area contributed by atoms with E-state index in [0.717, 1.165) is 16.6 Å². The van der Waals surface area contributed by atoms with Crippen LogP contribution in [0.3, 0.4) is 0 Å². The summed E-state index contributed by atoms with van der Waals surface area (Å²) in [4.78, 5) is 25.3. The Balaban J connectivity index is 2.00. The van der Waals surface area contributed by atoms with Crippen molar-refractivity contribution in [3.63, 3.8) is 0 Å². The van der Waals surface area contributed by atoms with Crippen LogP contribution >= 0.6 is 0 Å². The number of hydrogen-bond acceptors (Lipinski definition) is 5. The second-order valence-corrected chi connectivity index (χ2v) is 8.22. The number of halogens is 1. The predicted octanol–water partition coefficient (Wildman–Crippen LogP) is 4.00. The number of aromatic nitrogens is 4. The molecule has 0 bridgehead atoms. The molecule has 2 aromatic carbocycles. The number of amides is 1. The molecular formula is C23H23FN6O. The Kier molecular flexibility index (Phi) is 4.93. The van der Waals surface area contributed by atoms with E-state index in [0.29, 0.717) is 11.3 Å². The number of fused-ring (bicyclic) bond motifs is 1. The van der Waals surface area contributed by atoms with Crippen molar-refractivity contribution in [2.24, 2.45) is 0 Å². The quantitative estimate of drug-likeness (QED) is 0.524. The van der Waals surface area contributed by atoms with Crippen LogP contribution in [0.4, 0.5) is 10.3 Å². The number of anilines is 1. The lowest BCUT2D eigenvalue weighted by atomic mass is 10.0. The molecule has 1 amide bonds. The molecule has 31 heavy (non-hydrogen) atoms. The summed E-state index contributed by atoms with van der Waals surface area (Å²) in [5.41, 5.74) is 8.72. The van der Waals surface area contributed by atoms with Gasteiger partial charge in [-0.3, -0.25) is 4.79 Å². The molecule has 0 radical (unpaired) electrons. The Bertz CT molecular complexity index is 1290. The van der Waals surface area contributed by atoms with Gasteiger partial charge in [0.2, 0.25) is 5.95 Å². The van der Waals surface area contributed by atoms with Crippen LogP contribution in [0.2, 0.25) is 0 Å². The second-order valence-electron chi connectivity index (χ2n) is 8.22. The van der Waals surface area contributed by atoms with Gasteiger partial charge in [-0.2, -0.15) is 0 Å². The van der Waals surface area contributed by atoms with Crippen molar-refractivity contribution in [3.8, 4) is 22.5 Å². The lowest BCUT2D eigenvalue weighted by Crippen LogP contribution is -2.24. The maximum Gasteiger partial charge on any atom is 0.251 e. The summed E-state index contributed by atoms with van der Waals surface area (Å²) >= 11 is 0. The first-order valence-corrected chi connectivity index (χ1v) is 9.82. The van der Waals surface area contributed by atoms with E-state index in [4.69, 9.17) is 10.7 Å². The Morgan fingerprint density at radius 1 is 1.10 bits per heavy atom. The van der Waals surface area contributed by atoms with Crippen molar-refractivity contribution in [3.05, 3.63) is 60.2 Å². The maximum absolute atomic E-state index is 15.0. The molecule has 0 aliphatic rings. The average molecular weight is 418 g/mol. The molecule has 0 spiro atoms. The van der Waals surface area contributed by atoms with Gasteiger partial charge < -0.3 is 15.6 Å². The van der Waals surface area contributed by atoms with E-state index >= 15 is 4.39 Å². The second kappa shape index (κ2) is 7.46. The van der Waals surface area contributed by atoms with Crippen LogP contribution in [-0.4, -0.2) is 32.5 Å². The molecule has 0 atom stereocenters. The monoisotopic (exact) mass is 418 g/mol. The molecule has 8 heteroatoms. The van der Waals surface area contributed by atoms with Crippen LogP contribution < -0.4 is 11.1 Å². The Morgan fingerprint density at radius 2 is 1.81 bits per heavy atom. The van der Waals surface area contributed by atoms with Crippen LogP contribution in [0, 0.1) is 5.82 Å². The van der Waals surface area contributed by atoms with E-state index in [-0.39, 0.29) is 23.0 Å². The van der Waals surface area contributed by atoms with E-state index in [2.05, 4.69) is 15.3 Å². The zero-order chi connectivity index (χ0) is 22.3. The van der Waals surface area contributed by atoms with Gasteiger partial charge in [-0.05, 0) is 50.6 Å². The van der Waals surface area contributed by atoms with Crippen molar-refractivity contribution < 1.29 is 9.18 Å². The first-order chi connectivity index (χ1) is 14.7. The zero-order valence-electron chi connectivity index (χ0n) is 17.8. The van der Waals surface area contributed by atoms with Gasteiger partial charge >= 0.3 is 0 Å². The Morgan fingerprint density at radius 3 is 2.45 bits per heavy atom. The first-order valence-electron chi connectivity index (χ1n) is 9.82. The first kappa shape index (κ1) is 20.5. The van der Waals surface area contributed by atoms with E-state index in [9.17, 15) is 4.79 Å². The van der Waals surface area contributed by atoms with Crippen LogP contribution in [0.1, 0.15) is 31.1 Å². The lowest BCUT2D eigenvalue weighted by molar-refractivity contribution is 0.0963. The largest absolute Gasteiger partial charge is 0.368 e. The predicted molar refractivity (Wildman–Crippen MR) is 119 cm³/mol. The Labute approximate surface area is 179 Å². The molecule has 0 fully saturated rings. The molecule has 7 nitrogen and oxygen atoms in total. The van der Waals surface area contributed by atoms with Crippen LogP contribution in [0.25, 0.3) is 33.5 Å². The molecular weight excluding hydrogens is 395 g/mol. The molecule has 3 N–H and O–H groups in total. The standard InChI is InChI=1S/C23H23FN6O/c1-23(2,3)30-18-9-8-13(14-11-27-22(25)28-12-14)10-17(18)29-20(30)19-15(21(31)26-4)6-5-7-16(19)24/h5-12H,1-4H3,(H,26,31)(H2,25,27,28). The van der Waals surface area contributed by atoms with E-state index in [1.54, 1.807) is 18.5 Å². The summed E-state index contributed by atoms with van der Waals surface area (Å²) in [5, 5.41) is 2.58. The smallest absolute Gasteiger partial charge is 0.251 e. The topological polar surface area (TPSA) is 98.7 Å². The highest BCUT2D eigenvalue weighted by Gasteiger charge is 2.27. The summed E-state index contributed by atoms with van der Waals surface area (Å²) < 4.78 is 17.0. The minimum Gasteiger partial charge on any atom is -0.368 e. The molecule has 4 rings (SSSR count). The minimum absolute atomic E-state index is 0.172. The fourth-order valence-electron chi connectivity index (χ4n) is 3.67. The van der Waals surface area contributed by atoms with Crippen molar-refractivity contribution in [2.45, 2.75) is 26.3 Å². The minimum atomic E-state index is -0.505. The number of hydrogen-bond donors (Lipinski definition) is 2. The molecule has 2 heterocycles. The van der Waals surface area contributed by atoms with E-state index in [1.165, 1.54) is 19.2 Å². The number of nitrogens with two attached hydrogens (primary N) is 1. The normalized spacial score (nSPS) is 11.6. The number of benzene rings is 2. The van der Waals surface area contributed by atoms with Crippen LogP contribution in [0.15, 0.2) is 48.8 Å². The van der Waals surface area contributed by atoms with Crippen molar-refractivity contribution in [2.75, 3.05) is 12.8 Å². The fourth-order valence-corrected chi connectivity index (χ4v) is 3.67. The van der Waals surface area contributed by atoms with Gasteiger partial charge in [0.05, 0.1) is 22.2 Å². The molecule has 0 aliphatic carbocycles. The van der Waals surface area contributed by atoms with E-state index in [1.807, 2.05) is 43.5 Å². The third-order valence-corrected chi connectivity index (χ3v) is 5.04. The van der Waals surface area contributed by atoms with E-state index < -0.39 is 11.4 Å². The van der Waals surface area contributed by atoms with Gasteiger partial charge in [-0.15, -0.1) is 0 Å². The van der Waals surface area contributed by atoms with Gasteiger partial charge in [0.15, 0.2) is 0 Å². The molecule has 0 aliphatic heterocycles. The lowest BCUT2D eigenvalue weighted by Gasteiger charge is -2.25. The molecule has 4 aromatic rings. The highest BCUT2D eigenvalue weighted by molar-refractivity contribution is 6.01. The van der Waals surface area contributed by atoms with Gasteiger partial charge in [0.25, 0.3) is 5.91 Å². The van der Waals surface area contributed by atoms with Crippen molar-refractivity contribution in [1.29, 1.82) is 0 Å². The SMILES string of the molecule is CNC(=O)c1cccc(F)c1-c1nc2cc(-c3cnc(N)nc3)ccc2n1C(C)(C)C. The summed E-state index contributed by atoms with van der Waals surface area (Å²) in [5.74, 6) is -0.286. The van der Waals surface area contributed by atoms with Crippen LogP contribution in [-0.2, 0) is 5.54 Å². The molecule has 0 unspecified atom stereocenters. The zero-order valence-corrected chi connectivity index (χ0v) is 17.8. The number of nitrogens with one attached hydrogen (secondary N) is 1. The number of carbonyl (C=O) groups excluding carboxylic acids is 1. The van der Waals surface area contributed by atoms with Gasteiger partial charge in [-0.1, -0.05) is 12.1 Å². The van der Waals surface area contributed by atoms with Gasteiger partial charge in [-0.25, -0.2) is 19.3 Å². The number of rotatable bonds is 3. The summed E-state index contributed by atoms with van der Waals surface area (Å²) in [7, 11) is 1.52.